The lowest BCUT2D eigenvalue weighted by Crippen LogP contribution is -2.12. The van der Waals surface area contributed by atoms with Crippen LogP contribution in [0.2, 0.25) is 0 Å². The second-order valence-corrected chi connectivity index (χ2v) is 4.68. The van der Waals surface area contributed by atoms with Crippen LogP contribution in [-0.2, 0) is 15.6 Å². The molecule has 2 rings (SSSR count). The van der Waals surface area contributed by atoms with E-state index >= 15 is 0 Å². The van der Waals surface area contributed by atoms with E-state index in [1.165, 1.54) is 6.08 Å². The van der Waals surface area contributed by atoms with Crippen LogP contribution in [0.25, 0.3) is 4.91 Å². The average molecular weight is 206 g/mol. The van der Waals surface area contributed by atoms with Crippen molar-refractivity contribution in [1.29, 1.82) is 0 Å². The molecule has 0 N–H and O–H groups in total. The Morgan fingerprint density at radius 1 is 1.14 bits per heavy atom. The van der Waals surface area contributed by atoms with Gasteiger partial charge in [0.05, 0.1) is 10.8 Å². The fourth-order valence-electron chi connectivity index (χ4n) is 1.40. The van der Waals surface area contributed by atoms with E-state index in [2.05, 4.69) is 0 Å². The molecule has 0 aromatic heterocycles. The summed E-state index contributed by atoms with van der Waals surface area (Å²) in [7, 11) is -1.01. The lowest BCUT2D eigenvalue weighted by atomic mass is 10.1. The molecule has 0 fully saturated rings. The van der Waals surface area contributed by atoms with Crippen molar-refractivity contribution in [3.05, 3.63) is 42.0 Å². The minimum atomic E-state index is -1.01. The van der Waals surface area contributed by atoms with Gasteiger partial charge in [-0.3, -0.25) is 9.00 Å². The SMILES string of the molecule is O=C1C=C(c2ccccc2)S(=O)CC1. The summed E-state index contributed by atoms with van der Waals surface area (Å²) in [6.45, 7) is 0. The van der Waals surface area contributed by atoms with Crippen molar-refractivity contribution in [2.24, 2.45) is 0 Å². The zero-order valence-electron chi connectivity index (χ0n) is 7.60. The third-order valence-electron chi connectivity index (χ3n) is 2.13. The summed E-state index contributed by atoms with van der Waals surface area (Å²) in [6, 6.07) is 9.42. The fourth-order valence-corrected chi connectivity index (χ4v) is 2.67. The van der Waals surface area contributed by atoms with Gasteiger partial charge in [-0.15, -0.1) is 0 Å². The molecule has 0 spiro atoms. The van der Waals surface area contributed by atoms with E-state index in [0.717, 1.165) is 5.56 Å². The first-order valence-electron chi connectivity index (χ1n) is 4.46. The molecule has 1 aromatic carbocycles. The van der Waals surface area contributed by atoms with Gasteiger partial charge in [-0.05, 0) is 11.6 Å². The third-order valence-corrected chi connectivity index (χ3v) is 3.55. The van der Waals surface area contributed by atoms with E-state index in [0.29, 0.717) is 17.1 Å². The Balaban J connectivity index is 2.43. The standard InChI is InChI=1S/C11H10O2S/c12-10-6-7-14(13)11(8-10)9-4-2-1-3-5-9/h1-5,8H,6-7H2. The molecule has 1 unspecified atom stereocenters. The molecule has 14 heavy (non-hydrogen) atoms. The number of carbonyl (C=O) groups excluding carboxylic acids is 1. The zero-order chi connectivity index (χ0) is 9.97. The Bertz CT molecular complexity index is 407. The normalized spacial score (nSPS) is 21.9. The number of hydrogen-bond acceptors (Lipinski definition) is 2. The molecule has 0 saturated heterocycles. The second kappa shape index (κ2) is 3.88. The van der Waals surface area contributed by atoms with Gasteiger partial charge in [0.2, 0.25) is 0 Å². The molecular formula is C11H10O2S. The highest BCUT2D eigenvalue weighted by molar-refractivity contribution is 7.94. The van der Waals surface area contributed by atoms with Gasteiger partial charge in [0.1, 0.15) is 0 Å². The first-order chi connectivity index (χ1) is 6.77. The van der Waals surface area contributed by atoms with Crippen molar-refractivity contribution in [3.63, 3.8) is 0 Å². The summed E-state index contributed by atoms with van der Waals surface area (Å²) >= 11 is 0. The van der Waals surface area contributed by atoms with Gasteiger partial charge in [0.15, 0.2) is 5.78 Å². The fraction of sp³-hybridized carbons (Fsp3) is 0.182. The molecule has 72 valence electrons. The van der Waals surface area contributed by atoms with Gasteiger partial charge in [-0.25, -0.2) is 0 Å². The summed E-state index contributed by atoms with van der Waals surface area (Å²) < 4.78 is 11.6. The number of ketones is 1. The predicted octanol–water partition coefficient (Wildman–Crippen LogP) is 1.75. The molecule has 0 aliphatic carbocycles. The second-order valence-electron chi connectivity index (χ2n) is 3.14. The van der Waals surface area contributed by atoms with Crippen LogP contribution in [0.1, 0.15) is 12.0 Å². The van der Waals surface area contributed by atoms with E-state index in [4.69, 9.17) is 0 Å². The molecule has 0 bridgehead atoms. The van der Waals surface area contributed by atoms with Crippen LogP contribution in [-0.4, -0.2) is 15.7 Å². The van der Waals surface area contributed by atoms with Crippen molar-refractivity contribution < 1.29 is 9.00 Å². The van der Waals surface area contributed by atoms with Crippen LogP contribution < -0.4 is 0 Å². The Morgan fingerprint density at radius 3 is 2.57 bits per heavy atom. The lowest BCUT2D eigenvalue weighted by molar-refractivity contribution is -0.114. The van der Waals surface area contributed by atoms with Gasteiger partial charge in [0, 0.05) is 17.1 Å². The lowest BCUT2D eigenvalue weighted by Gasteiger charge is -2.11. The topological polar surface area (TPSA) is 34.1 Å². The minimum absolute atomic E-state index is 0.0726. The van der Waals surface area contributed by atoms with Crippen LogP contribution in [0.5, 0.6) is 0 Å². The van der Waals surface area contributed by atoms with Crippen LogP contribution in [0.4, 0.5) is 0 Å². The van der Waals surface area contributed by atoms with Gasteiger partial charge in [-0.2, -0.15) is 0 Å². The van der Waals surface area contributed by atoms with E-state index in [1.807, 2.05) is 30.3 Å². The summed E-state index contributed by atoms with van der Waals surface area (Å²) in [4.78, 5) is 11.8. The molecule has 1 aliphatic rings. The van der Waals surface area contributed by atoms with Crippen LogP contribution in [0.3, 0.4) is 0 Å². The molecular weight excluding hydrogens is 196 g/mol. The third kappa shape index (κ3) is 1.82. The number of rotatable bonds is 1. The Morgan fingerprint density at radius 2 is 1.86 bits per heavy atom. The number of allylic oxidation sites excluding steroid dienone is 1. The first-order valence-corrected chi connectivity index (χ1v) is 5.77. The van der Waals surface area contributed by atoms with Crippen molar-refractivity contribution in [1.82, 2.24) is 0 Å². The Hall–Kier alpha value is -1.22. The summed E-state index contributed by atoms with van der Waals surface area (Å²) in [5.41, 5.74) is 0.888. The summed E-state index contributed by atoms with van der Waals surface area (Å²) in [5, 5.41) is 0. The van der Waals surface area contributed by atoms with Gasteiger partial charge < -0.3 is 0 Å². The maximum absolute atomic E-state index is 11.6. The van der Waals surface area contributed by atoms with Crippen molar-refractivity contribution >= 4 is 21.5 Å². The molecule has 1 heterocycles. The minimum Gasteiger partial charge on any atom is -0.295 e. The van der Waals surface area contributed by atoms with Crippen molar-refractivity contribution in [2.45, 2.75) is 6.42 Å². The smallest absolute Gasteiger partial charge is 0.157 e. The highest BCUT2D eigenvalue weighted by Gasteiger charge is 2.17. The van der Waals surface area contributed by atoms with E-state index in [-0.39, 0.29) is 5.78 Å². The quantitative estimate of drug-likeness (QED) is 0.701. The van der Waals surface area contributed by atoms with E-state index < -0.39 is 10.8 Å². The number of benzene rings is 1. The van der Waals surface area contributed by atoms with Crippen LogP contribution in [0.15, 0.2) is 36.4 Å². The van der Waals surface area contributed by atoms with E-state index in [1.54, 1.807) is 0 Å². The predicted molar refractivity (Wildman–Crippen MR) is 57.1 cm³/mol. The van der Waals surface area contributed by atoms with Crippen LogP contribution in [0, 0.1) is 0 Å². The average Bonchev–Trinajstić information content (AvgIpc) is 2.23. The van der Waals surface area contributed by atoms with Gasteiger partial charge in [-0.1, -0.05) is 30.3 Å². The van der Waals surface area contributed by atoms with E-state index in [9.17, 15) is 9.00 Å². The summed E-state index contributed by atoms with van der Waals surface area (Å²) in [5.74, 6) is 0.531. The molecule has 1 aromatic rings. The maximum atomic E-state index is 11.6. The largest absolute Gasteiger partial charge is 0.295 e. The summed E-state index contributed by atoms with van der Waals surface area (Å²) in [6.07, 6.45) is 1.91. The maximum Gasteiger partial charge on any atom is 0.157 e. The first kappa shape index (κ1) is 9.34. The highest BCUT2D eigenvalue weighted by atomic mass is 32.2. The van der Waals surface area contributed by atoms with Crippen LogP contribution >= 0.6 is 0 Å². The van der Waals surface area contributed by atoms with Gasteiger partial charge >= 0.3 is 0 Å². The number of carbonyl (C=O) groups is 1. The van der Waals surface area contributed by atoms with Gasteiger partial charge in [0.25, 0.3) is 0 Å². The highest BCUT2D eigenvalue weighted by Crippen LogP contribution is 2.22. The Labute approximate surface area is 85.1 Å². The zero-order valence-corrected chi connectivity index (χ0v) is 8.42. The molecule has 1 atom stereocenters. The molecule has 0 amide bonds. The molecule has 3 heteroatoms. The monoisotopic (exact) mass is 206 g/mol. The van der Waals surface area contributed by atoms with Crippen molar-refractivity contribution in [3.8, 4) is 0 Å². The molecule has 0 saturated carbocycles. The number of hydrogen-bond donors (Lipinski definition) is 0. The molecule has 0 radical (unpaired) electrons. The Kier molecular flexibility index (Phi) is 2.59. The molecule has 1 aliphatic heterocycles. The molecule has 2 nitrogen and oxygen atoms in total. The van der Waals surface area contributed by atoms with Crippen molar-refractivity contribution in [2.75, 3.05) is 5.75 Å².